The first-order valence-electron chi connectivity index (χ1n) is 6.44. The summed E-state index contributed by atoms with van der Waals surface area (Å²) >= 11 is 0. The number of hydrogen-bond acceptors (Lipinski definition) is 2. The Morgan fingerprint density at radius 2 is 1.80 bits per heavy atom. The fraction of sp³-hybridized carbons (Fsp3) is 0.0556. The number of para-hydroxylation sites is 1. The van der Waals surface area contributed by atoms with E-state index in [1.165, 1.54) is 18.1 Å². The topological polar surface area (TPSA) is 26.3 Å². The molecular formula is C18H14O2. The van der Waals surface area contributed by atoms with Gasteiger partial charge in [-0.2, -0.15) is 0 Å². The Labute approximate surface area is 118 Å². The molecule has 0 radical (unpaired) electrons. The third-order valence-corrected chi connectivity index (χ3v) is 3.34. The summed E-state index contributed by atoms with van der Waals surface area (Å²) in [6.45, 7) is 5.54. The van der Waals surface area contributed by atoms with E-state index in [0.29, 0.717) is 5.75 Å². The fourth-order valence-electron chi connectivity index (χ4n) is 2.26. The normalized spacial score (nSPS) is 11.4. The van der Waals surface area contributed by atoms with Gasteiger partial charge >= 0.3 is 5.97 Å². The summed E-state index contributed by atoms with van der Waals surface area (Å²) in [6, 6.07) is 13.7. The second-order valence-electron chi connectivity index (χ2n) is 4.75. The maximum Gasteiger partial charge on any atom is 0.308 e. The lowest BCUT2D eigenvalue weighted by molar-refractivity contribution is -0.131. The molecular weight excluding hydrogens is 248 g/mol. The maximum atomic E-state index is 11.2. The minimum atomic E-state index is -0.328. The highest BCUT2D eigenvalue weighted by molar-refractivity contribution is 5.90. The molecule has 0 unspecified atom stereocenters. The molecule has 2 aromatic rings. The van der Waals surface area contributed by atoms with Crippen molar-refractivity contribution in [3.05, 3.63) is 71.3 Å². The largest absolute Gasteiger partial charge is 0.426 e. The average Bonchev–Trinajstić information content (AvgIpc) is 2.39. The molecule has 0 heterocycles. The molecule has 0 amide bonds. The van der Waals surface area contributed by atoms with E-state index in [-0.39, 0.29) is 5.97 Å². The second-order valence-corrected chi connectivity index (χ2v) is 4.75. The molecule has 2 heteroatoms. The summed E-state index contributed by atoms with van der Waals surface area (Å²) in [5, 5.41) is 0. The molecule has 0 fully saturated rings. The van der Waals surface area contributed by atoms with E-state index < -0.39 is 0 Å². The molecule has 0 saturated heterocycles. The SMILES string of the molecule is C=C(c1ccc2c(c1)C=C2)c1ccccc1OC(C)=O. The highest BCUT2D eigenvalue weighted by atomic mass is 16.5. The molecule has 20 heavy (non-hydrogen) atoms. The van der Waals surface area contributed by atoms with Crippen molar-refractivity contribution in [1.82, 2.24) is 0 Å². The van der Waals surface area contributed by atoms with Gasteiger partial charge in [0.15, 0.2) is 0 Å². The van der Waals surface area contributed by atoms with Gasteiger partial charge in [0.2, 0.25) is 0 Å². The molecule has 0 aromatic heterocycles. The van der Waals surface area contributed by atoms with Gasteiger partial charge in [-0.3, -0.25) is 4.79 Å². The predicted molar refractivity (Wildman–Crippen MR) is 81.3 cm³/mol. The molecule has 0 saturated carbocycles. The number of rotatable bonds is 3. The maximum absolute atomic E-state index is 11.2. The van der Waals surface area contributed by atoms with Crippen LogP contribution in [0.5, 0.6) is 5.75 Å². The van der Waals surface area contributed by atoms with Gasteiger partial charge in [-0.05, 0) is 34.4 Å². The Balaban J connectivity index is 1.98. The van der Waals surface area contributed by atoms with Crippen LogP contribution in [0.1, 0.15) is 29.2 Å². The Bertz CT molecular complexity index is 739. The molecule has 3 rings (SSSR count). The molecule has 0 N–H and O–H groups in total. The van der Waals surface area contributed by atoms with Crippen molar-refractivity contribution in [1.29, 1.82) is 0 Å². The standard InChI is InChI=1S/C18H14O2/c1-12(15-9-7-14-8-10-16(14)11-15)17-5-3-4-6-18(17)20-13(2)19/h3-11H,1H2,2H3. The van der Waals surface area contributed by atoms with Gasteiger partial charge in [-0.15, -0.1) is 0 Å². The summed E-state index contributed by atoms with van der Waals surface area (Å²) in [6.07, 6.45) is 4.15. The monoisotopic (exact) mass is 262 g/mol. The zero-order valence-electron chi connectivity index (χ0n) is 11.2. The minimum absolute atomic E-state index is 0.328. The van der Waals surface area contributed by atoms with Gasteiger partial charge in [0.05, 0.1) is 0 Å². The Hall–Kier alpha value is -2.61. The van der Waals surface area contributed by atoms with Crippen LogP contribution in [0.15, 0.2) is 49.0 Å². The molecule has 1 aliphatic carbocycles. The van der Waals surface area contributed by atoms with Gasteiger partial charge < -0.3 is 4.74 Å². The van der Waals surface area contributed by atoms with Crippen LogP contribution < -0.4 is 4.74 Å². The van der Waals surface area contributed by atoms with Gasteiger partial charge in [0.1, 0.15) is 5.75 Å². The van der Waals surface area contributed by atoms with Crippen LogP contribution in [0, 0.1) is 0 Å². The Morgan fingerprint density at radius 3 is 2.45 bits per heavy atom. The van der Waals surface area contributed by atoms with E-state index in [4.69, 9.17) is 4.74 Å². The first kappa shape index (κ1) is 12.4. The molecule has 0 spiro atoms. The van der Waals surface area contributed by atoms with E-state index in [2.05, 4.69) is 30.9 Å². The second kappa shape index (κ2) is 4.82. The Morgan fingerprint density at radius 1 is 1.05 bits per heavy atom. The lowest BCUT2D eigenvalue weighted by Gasteiger charge is -2.15. The Kier molecular flexibility index (Phi) is 2.99. The molecule has 0 atom stereocenters. The number of hydrogen-bond donors (Lipinski definition) is 0. The van der Waals surface area contributed by atoms with E-state index >= 15 is 0 Å². The highest BCUT2D eigenvalue weighted by Crippen LogP contribution is 2.33. The van der Waals surface area contributed by atoms with Gasteiger partial charge in [0, 0.05) is 12.5 Å². The molecule has 0 bridgehead atoms. The number of ether oxygens (including phenoxy) is 1. The number of fused-ring (bicyclic) bond motifs is 1. The minimum Gasteiger partial charge on any atom is -0.426 e. The number of esters is 1. The van der Waals surface area contributed by atoms with Crippen LogP contribution in [0.4, 0.5) is 0 Å². The number of carbonyl (C=O) groups is 1. The summed E-state index contributed by atoms with van der Waals surface area (Å²) < 4.78 is 5.24. The van der Waals surface area contributed by atoms with Crippen molar-refractivity contribution >= 4 is 23.7 Å². The summed E-state index contributed by atoms with van der Waals surface area (Å²) in [5.41, 5.74) is 5.19. The van der Waals surface area contributed by atoms with Gasteiger partial charge in [-0.1, -0.05) is 49.1 Å². The molecule has 2 aromatic carbocycles. The first-order chi connectivity index (χ1) is 9.65. The zero-order chi connectivity index (χ0) is 14.1. The van der Waals surface area contributed by atoms with E-state index in [1.807, 2.05) is 24.3 Å². The summed E-state index contributed by atoms with van der Waals surface area (Å²) in [4.78, 5) is 11.2. The number of benzene rings is 2. The van der Waals surface area contributed by atoms with Crippen LogP contribution >= 0.6 is 0 Å². The van der Waals surface area contributed by atoms with Crippen molar-refractivity contribution < 1.29 is 9.53 Å². The molecule has 98 valence electrons. The fourth-order valence-corrected chi connectivity index (χ4v) is 2.26. The lowest BCUT2D eigenvalue weighted by Crippen LogP contribution is -2.04. The van der Waals surface area contributed by atoms with E-state index in [9.17, 15) is 4.79 Å². The van der Waals surface area contributed by atoms with Crippen LogP contribution in [0.3, 0.4) is 0 Å². The van der Waals surface area contributed by atoms with E-state index in [0.717, 1.165) is 16.7 Å². The number of carbonyl (C=O) groups excluding carboxylic acids is 1. The van der Waals surface area contributed by atoms with Crippen molar-refractivity contribution in [3.8, 4) is 5.75 Å². The van der Waals surface area contributed by atoms with Crippen molar-refractivity contribution in [3.63, 3.8) is 0 Å². The molecule has 1 aliphatic rings. The van der Waals surface area contributed by atoms with Gasteiger partial charge in [0.25, 0.3) is 0 Å². The first-order valence-corrected chi connectivity index (χ1v) is 6.44. The van der Waals surface area contributed by atoms with Crippen molar-refractivity contribution in [2.45, 2.75) is 6.92 Å². The molecule has 0 aliphatic heterocycles. The third-order valence-electron chi connectivity index (χ3n) is 3.34. The van der Waals surface area contributed by atoms with Crippen LogP contribution in [0.25, 0.3) is 17.7 Å². The van der Waals surface area contributed by atoms with Gasteiger partial charge in [-0.25, -0.2) is 0 Å². The van der Waals surface area contributed by atoms with Crippen LogP contribution in [0.2, 0.25) is 0 Å². The lowest BCUT2D eigenvalue weighted by atomic mass is 9.91. The van der Waals surface area contributed by atoms with Crippen molar-refractivity contribution in [2.24, 2.45) is 0 Å². The predicted octanol–water partition coefficient (Wildman–Crippen LogP) is 4.16. The van der Waals surface area contributed by atoms with Crippen LogP contribution in [-0.4, -0.2) is 5.97 Å². The van der Waals surface area contributed by atoms with E-state index in [1.54, 1.807) is 6.07 Å². The van der Waals surface area contributed by atoms with Crippen LogP contribution in [-0.2, 0) is 4.79 Å². The highest BCUT2D eigenvalue weighted by Gasteiger charge is 2.13. The summed E-state index contributed by atoms with van der Waals surface area (Å²) in [5.74, 6) is 0.216. The quantitative estimate of drug-likeness (QED) is 0.523. The smallest absolute Gasteiger partial charge is 0.308 e. The summed E-state index contributed by atoms with van der Waals surface area (Å²) in [7, 11) is 0. The average molecular weight is 262 g/mol. The van der Waals surface area contributed by atoms with Crippen molar-refractivity contribution in [2.75, 3.05) is 0 Å². The molecule has 2 nitrogen and oxygen atoms in total. The zero-order valence-corrected chi connectivity index (χ0v) is 11.2. The third kappa shape index (κ3) is 2.16.